The van der Waals surface area contributed by atoms with Crippen LogP contribution < -0.4 is 15.4 Å². The van der Waals surface area contributed by atoms with Crippen LogP contribution in [0.15, 0.2) is 18.2 Å². The van der Waals surface area contributed by atoms with Crippen molar-refractivity contribution >= 4 is 34.7 Å². The molecule has 1 saturated heterocycles. The Balaban J connectivity index is 2.61. The fourth-order valence-corrected chi connectivity index (χ4v) is 2.02. The lowest BCUT2D eigenvalue weighted by molar-refractivity contribution is -0.138. The summed E-state index contributed by atoms with van der Waals surface area (Å²) in [5.74, 6) is -0.592. The zero-order valence-corrected chi connectivity index (χ0v) is 11.0. The van der Waals surface area contributed by atoms with Crippen molar-refractivity contribution in [3.63, 3.8) is 0 Å². The number of benzene rings is 1. The number of hydrogen-bond donors (Lipinski definition) is 1. The summed E-state index contributed by atoms with van der Waals surface area (Å²) >= 11 is 4.95. The summed E-state index contributed by atoms with van der Waals surface area (Å²) in [6.45, 7) is -0.332. The molecular formula is C12H12N2O4S. The second-order valence-electron chi connectivity index (χ2n) is 3.84. The number of thiocarbonyl (C=S) groups is 1. The summed E-state index contributed by atoms with van der Waals surface area (Å²) in [5.41, 5.74) is 6.32. The summed E-state index contributed by atoms with van der Waals surface area (Å²) in [7, 11) is 1.44. The van der Waals surface area contributed by atoms with Crippen LogP contribution in [0, 0.1) is 0 Å². The standard InChI is InChI=1S/C12H12N2O4S/c1-17-8-4-2-3-7(12(13)19)11(8)14-9(15)5-18-6-10(14)16/h2-4H,5-6H2,1H3,(H2,13,19). The molecular weight excluding hydrogens is 268 g/mol. The third-order valence-corrected chi connectivity index (χ3v) is 2.88. The molecule has 0 saturated carbocycles. The number of amides is 2. The SMILES string of the molecule is COc1cccc(C(N)=S)c1N1C(=O)COCC1=O. The highest BCUT2D eigenvalue weighted by atomic mass is 32.1. The van der Waals surface area contributed by atoms with E-state index in [0.717, 1.165) is 4.90 Å². The number of nitrogens with two attached hydrogens (primary N) is 1. The van der Waals surface area contributed by atoms with Crippen molar-refractivity contribution in [2.75, 3.05) is 25.2 Å². The fraction of sp³-hybridized carbons (Fsp3) is 0.250. The first-order valence-corrected chi connectivity index (χ1v) is 5.87. The molecule has 100 valence electrons. The first-order valence-electron chi connectivity index (χ1n) is 5.46. The Labute approximate surface area is 115 Å². The minimum Gasteiger partial charge on any atom is -0.495 e. The second kappa shape index (κ2) is 5.33. The molecule has 1 aliphatic rings. The minimum atomic E-state index is -0.474. The normalized spacial score (nSPS) is 15.5. The molecule has 1 fully saturated rings. The van der Waals surface area contributed by atoms with Crippen LogP contribution >= 0.6 is 12.2 Å². The molecule has 2 rings (SSSR count). The number of methoxy groups -OCH3 is 1. The van der Waals surface area contributed by atoms with Gasteiger partial charge in [-0.2, -0.15) is 0 Å². The molecule has 1 heterocycles. The summed E-state index contributed by atoms with van der Waals surface area (Å²) < 4.78 is 10.1. The summed E-state index contributed by atoms with van der Waals surface area (Å²) in [6, 6.07) is 4.95. The minimum absolute atomic E-state index is 0.0843. The molecule has 0 bridgehead atoms. The maximum atomic E-state index is 11.9. The van der Waals surface area contributed by atoms with Crippen molar-refractivity contribution in [1.82, 2.24) is 0 Å². The van der Waals surface area contributed by atoms with Gasteiger partial charge in [-0.3, -0.25) is 9.59 Å². The Morgan fingerprint density at radius 3 is 2.53 bits per heavy atom. The van der Waals surface area contributed by atoms with Crippen LogP contribution in [-0.4, -0.2) is 37.1 Å². The largest absolute Gasteiger partial charge is 0.495 e. The van der Waals surface area contributed by atoms with Gasteiger partial charge in [0.05, 0.1) is 7.11 Å². The number of morpholine rings is 1. The average molecular weight is 280 g/mol. The molecule has 1 aromatic carbocycles. The van der Waals surface area contributed by atoms with Crippen LogP contribution in [0.2, 0.25) is 0 Å². The van der Waals surface area contributed by atoms with Crippen molar-refractivity contribution in [3.05, 3.63) is 23.8 Å². The Hall–Kier alpha value is -1.99. The first kappa shape index (κ1) is 13.4. The molecule has 0 aromatic heterocycles. The van der Waals surface area contributed by atoms with Crippen LogP contribution in [0.3, 0.4) is 0 Å². The highest BCUT2D eigenvalue weighted by molar-refractivity contribution is 7.80. The molecule has 0 atom stereocenters. The van der Waals surface area contributed by atoms with Gasteiger partial charge in [0.25, 0.3) is 11.8 Å². The molecule has 6 nitrogen and oxygen atoms in total. The molecule has 0 radical (unpaired) electrons. The molecule has 0 aliphatic carbocycles. The van der Waals surface area contributed by atoms with Crippen molar-refractivity contribution < 1.29 is 19.1 Å². The maximum Gasteiger partial charge on any atom is 0.259 e. The van der Waals surface area contributed by atoms with E-state index < -0.39 is 11.8 Å². The van der Waals surface area contributed by atoms with Gasteiger partial charge in [0.15, 0.2) is 0 Å². The summed E-state index contributed by atoms with van der Waals surface area (Å²) in [4.78, 5) is 24.9. The van der Waals surface area contributed by atoms with E-state index in [1.54, 1.807) is 18.2 Å². The number of ether oxygens (including phenoxy) is 2. The van der Waals surface area contributed by atoms with Gasteiger partial charge in [0.2, 0.25) is 0 Å². The van der Waals surface area contributed by atoms with E-state index in [-0.39, 0.29) is 23.9 Å². The number of nitrogens with zero attached hydrogens (tertiary/aromatic N) is 1. The number of hydrogen-bond acceptors (Lipinski definition) is 5. The quantitative estimate of drug-likeness (QED) is 0.630. The lowest BCUT2D eigenvalue weighted by atomic mass is 10.1. The van der Waals surface area contributed by atoms with Gasteiger partial charge in [-0.25, -0.2) is 4.90 Å². The number of carbonyl (C=O) groups is 2. The number of imide groups is 1. The van der Waals surface area contributed by atoms with Gasteiger partial charge in [-0.05, 0) is 12.1 Å². The van der Waals surface area contributed by atoms with E-state index in [4.69, 9.17) is 27.4 Å². The smallest absolute Gasteiger partial charge is 0.259 e. The monoisotopic (exact) mass is 280 g/mol. The molecule has 0 spiro atoms. The van der Waals surface area contributed by atoms with E-state index in [0.29, 0.717) is 11.3 Å². The molecule has 2 N–H and O–H groups in total. The van der Waals surface area contributed by atoms with Crippen LogP contribution in [0.1, 0.15) is 5.56 Å². The maximum absolute atomic E-state index is 11.9. The van der Waals surface area contributed by atoms with Gasteiger partial charge in [-0.15, -0.1) is 0 Å². The van der Waals surface area contributed by atoms with E-state index in [9.17, 15) is 9.59 Å². The Bertz CT molecular complexity index is 543. The molecule has 0 unspecified atom stereocenters. The van der Waals surface area contributed by atoms with E-state index in [1.165, 1.54) is 7.11 Å². The third kappa shape index (κ3) is 2.42. The molecule has 19 heavy (non-hydrogen) atoms. The number of para-hydroxylation sites is 1. The molecule has 7 heteroatoms. The van der Waals surface area contributed by atoms with E-state index in [1.807, 2.05) is 0 Å². The molecule has 2 amide bonds. The van der Waals surface area contributed by atoms with Gasteiger partial charge in [-0.1, -0.05) is 18.3 Å². The number of anilines is 1. The lowest BCUT2D eigenvalue weighted by Gasteiger charge is -2.28. The molecule has 1 aromatic rings. The van der Waals surface area contributed by atoms with Crippen molar-refractivity contribution in [2.24, 2.45) is 5.73 Å². The highest BCUT2D eigenvalue weighted by Gasteiger charge is 2.32. The summed E-state index contributed by atoms with van der Waals surface area (Å²) in [6.07, 6.45) is 0. The van der Waals surface area contributed by atoms with Crippen molar-refractivity contribution in [1.29, 1.82) is 0 Å². The third-order valence-electron chi connectivity index (χ3n) is 2.66. The van der Waals surface area contributed by atoms with E-state index in [2.05, 4.69) is 0 Å². The van der Waals surface area contributed by atoms with Gasteiger partial charge in [0, 0.05) is 5.56 Å². The second-order valence-corrected chi connectivity index (χ2v) is 4.28. The van der Waals surface area contributed by atoms with Crippen LogP contribution in [0.25, 0.3) is 0 Å². The number of rotatable bonds is 3. The van der Waals surface area contributed by atoms with Gasteiger partial charge in [0.1, 0.15) is 29.6 Å². The number of carbonyl (C=O) groups excluding carboxylic acids is 2. The van der Waals surface area contributed by atoms with Crippen LogP contribution in [0.4, 0.5) is 5.69 Å². The van der Waals surface area contributed by atoms with Crippen molar-refractivity contribution in [2.45, 2.75) is 0 Å². The highest BCUT2D eigenvalue weighted by Crippen LogP contribution is 2.33. The Morgan fingerprint density at radius 1 is 1.37 bits per heavy atom. The van der Waals surface area contributed by atoms with Crippen LogP contribution in [0.5, 0.6) is 5.75 Å². The van der Waals surface area contributed by atoms with Crippen LogP contribution in [-0.2, 0) is 14.3 Å². The predicted molar refractivity (Wildman–Crippen MR) is 72.2 cm³/mol. The Kier molecular flexibility index (Phi) is 3.77. The Morgan fingerprint density at radius 2 is 2.00 bits per heavy atom. The van der Waals surface area contributed by atoms with E-state index >= 15 is 0 Å². The predicted octanol–water partition coefficient (Wildman–Crippen LogP) is 0.219. The molecule has 1 aliphatic heterocycles. The zero-order valence-electron chi connectivity index (χ0n) is 10.2. The van der Waals surface area contributed by atoms with Crippen molar-refractivity contribution in [3.8, 4) is 5.75 Å². The summed E-state index contributed by atoms with van der Waals surface area (Å²) in [5, 5.41) is 0. The topological polar surface area (TPSA) is 81.9 Å². The van der Waals surface area contributed by atoms with Gasteiger partial charge >= 0.3 is 0 Å². The lowest BCUT2D eigenvalue weighted by Crippen LogP contribution is -2.47. The first-order chi connectivity index (χ1) is 9.06. The zero-order chi connectivity index (χ0) is 14.0. The fourth-order valence-electron chi connectivity index (χ4n) is 1.86. The van der Waals surface area contributed by atoms with Gasteiger partial charge < -0.3 is 15.2 Å². The average Bonchev–Trinajstić information content (AvgIpc) is 2.38.